The maximum absolute atomic E-state index is 9.59. The molecule has 0 bridgehead atoms. The van der Waals surface area contributed by atoms with Crippen molar-refractivity contribution in [2.45, 2.75) is 19.2 Å². The molecule has 0 aliphatic carbocycles. The van der Waals surface area contributed by atoms with Crippen LogP contribution in [0.2, 0.25) is 0 Å². The molecule has 4 heteroatoms. The maximum Gasteiger partial charge on any atom is 0.403 e. The first kappa shape index (κ1) is 14.3. The summed E-state index contributed by atoms with van der Waals surface area (Å²) in [5.74, 6) is 0. The average molecular weight is 249 g/mol. The van der Waals surface area contributed by atoms with Gasteiger partial charge in [0.25, 0.3) is 0 Å². The number of ether oxygens (including phenoxy) is 1. The molecule has 0 saturated heterocycles. The molecule has 2 nitrogen and oxygen atoms in total. The van der Waals surface area contributed by atoms with Crippen LogP contribution in [0.3, 0.4) is 0 Å². The van der Waals surface area contributed by atoms with E-state index in [4.69, 9.17) is 23.2 Å². The van der Waals surface area contributed by atoms with Crippen LogP contribution in [0, 0.1) is 0 Å². The molecular weight excluding hydrogens is 235 g/mol. The van der Waals surface area contributed by atoms with E-state index in [1.165, 1.54) is 5.56 Å². The summed E-state index contributed by atoms with van der Waals surface area (Å²) in [6.07, 6.45) is 0. The zero-order valence-corrected chi connectivity index (χ0v) is 10.3. The molecule has 0 aromatic heterocycles. The van der Waals surface area contributed by atoms with Gasteiger partial charge in [0.15, 0.2) is 0 Å². The minimum absolute atomic E-state index is 0.131. The van der Waals surface area contributed by atoms with Gasteiger partial charge in [0, 0.05) is 11.6 Å². The lowest BCUT2D eigenvalue weighted by Gasteiger charge is -1.99. The van der Waals surface area contributed by atoms with Crippen molar-refractivity contribution in [2.75, 3.05) is 6.61 Å². The van der Waals surface area contributed by atoms with Crippen LogP contribution in [0.5, 0.6) is 0 Å². The second-order valence-electron chi connectivity index (χ2n) is 2.70. The molecule has 0 amide bonds. The normalized spacial score (nSPS) is 10.9. The number of benzene rings is 1. The van der Waals surface area contributed by atoms with Gasteiger partial charge in [-0.15, -0.1) is 11.6 Å². The van der Waals surface area contributed by atoms with E-state index in [-0.39, 0.29) is 5.38 Å². The van der Waals surface area contributed by atoms with Crippen LogP contribution in [0.15, 0.2) is 30.3 Å². The number of carbonyl (C=O) groups is 1. The van der Waals surface area contributed by atoms with E-state index in [1.807, 2.05) is 37.3 Å². The maximum atomic E-state index is 9.59. The molecule has 1 atom stereocenters. The number of alkyl halides is 1. The molecule has 1 aromatic rings. The van der Waals surface area contributed by atoms with Crippen molar-refractivity contribution in [3.8, 4) is 0 Å². The lowest BCUT2D eigenvalue weighted by atomic mass is 10.2. The molecule has 0 aliphatic rings. The standard InChI is InChI=1S/C8H9Cl.C3H5ClO2/c1-7(9)8-5-3-2-4-6-8;1-2-6-3(4)5/h2-7H,1H3;2H2,1H3. The summed E-state index contributed by atoms with van der Waals surface area (Å²) < 4.78 is 4.17. The van der Waals surface area contributed by atoms with Crippen LogP contribution in [0.25, 0.3) is 0 Å². The zero-order chi connectivity index (χ0) is 11.7. The SMILES string of the molecule is CC(Cl)c1ccccc1.CCOC(=O)Cl. The second-order valence-corrected chi connectivity index (χ2v) is 3.66. The molecule has 15 heavy (non-hydrogen) atoms. The van der Waals surface area contributed by atoms with Crippen LogP contribution < -0.4 is 0 Å². The van der Waals surface area contributed by atoms with E-state index in [0.717, 1.165) is 0 Å². The molecule has 0 spiro atoms. The quantitative estimate of drug-likeness (QED) is 0.574. The molecule has 0 aliphatic heterocycles. The summed E-state index contributed by atoms with van der Waals surface area (Å²) in [6, 6.07) is 10.0. The topological polar surface area (TPSA) is 26.3 Å². The Hall–Kier alpha value is -0.730. The summed E-state index contributed by atoms with van der Waals surface area (Å²) in [5.41, 5.74) is 0.441. The Bertz CT molecular complexity index is 273. The van der Waals surface area contributed by atoms with Crippen molar-refractivity contribution < 1.29 is 9.53 Å². The van der Waals surface area contributed by atoms with Gasteiger partial charge in [0.05, 0.1) is 12.0 Å². The van der Waals surface area contributed by atoms with Crippen molar-refractivity contribution in [2.24, 2.45) is 0 Å². The number of rotatable bonds is 2. The zero-order valence-electron chi connectivity index (χ0n) is 8.74. The Morgan fingerprint density at radius 2 is 1.93 bits per heavy atom. The fraction of sp³-hybridized carbons (Fsp3) is 0.364. The molecule has 1 unspecified atom stereocenters. The van der Waals surface area contributed by atoms with Crippen LogP contribution in [-0.4, -0.2) is 12.0 Å². The summed E-state index contributed by atoms with van der Waals surface area (Å²) in [7, 11) is 0. The van der Waals surface area contributed by atoms with Crippen LogP contribution in [0.1, 0.15) is 24.8 Å². The van der Waals surface area contributed by atoms with Gasteiger partial charge in [-0.2, -0.15) is 0 Å². The summed E-state index contributed by atoms with van der Waals surface area (Å²) in [4.78, 5) is 9.59. The summed E-state index contributed by atoms with van der Waals surface area (Å²) in [5, 5.41) is 0.131. The predicted octanol–water partition coefficient (Wildman–Crippen LogP) is 4.37. The largest absolute Gasteiger partial charge is 0.454 e. The minimum Gasteiger partial charge on any atom is -0.454 e. The summed E-state index contributed by atoms with van der Waals surface area (Å²) in [6.45, 7) is 4.01. The summed E-state index contributed by atoms with van der Waals surface area (Å²) >= 11 is 10.5. The van der Waals surface area contributed by atoms with Gasteiger partial charge in [-0.1, -0.05) is 30.3 Å². The van der Waals surface area contributed by atoms with Crippen molar-refractivity contribution in [3.05, 3.63) is 35.9 Å². The third kappa shape index (κ3) is 8.28. The van der Waals surface area contributed by atoms with Crippen LogP contribution in [-0.2, 0) is 4.74 Å². The highest BCUT2D eigenvalue weighted by Gasteiger charge is 1.95. The lowest BCUT2D eigenvalue weighted by molar-refractivity contribution is 0.180. The van der Waals surface area contributed by atoms with E-state index in [9.17, 15) is 4.79 Å². The third-order valence-corrected chi connectivity index (χ3v) is 1.88. The fourth-order valence-electron chi connectivity index (χ4n) is 0.832. The first-order chi connectivity index (χ1) is 7.07. The molecule has 1 aromatic carbocycles. The molecule has 0 saturated carbocycles. The van der Waals surface area contributed by atoms with Gasteiger partial charge in [0.2, 0.25) is 0 Å². The molecule has 0 N–H and O–H groups in total. The van der Waals surface area contributed by atoms with E-state index in [1.54, 1.807) is 6.92 Å². The lowest BCUT2D eigenvalue weighted by Crippen LogP contribution is -1.89. The third-order valence-electron chi connectivity index (χ3n) is 1.52. The minimum atomic E-state index is -0.738. The van der Waals surface area contributed by atoms with Gasteiger partial charge in [-0.05, 0) is 19.4 Å². The second kappa shape index (κ2) is 8.57. The number of carbonyl (C=O) groups excluding carboxylic acids is 1. The highest BCUT2D eigenvalue weighted by molar-refractivity contribution is 6.61. The van der Waals surface area contributed by atoms with Crippen LogP contribution >= 0.6 is 23.2 Å². The predicted molar refractivity (Wildman–Crippen MR) is 63.6 cm³/mol. The highest BCUT2D eigenvalue weighted by Crippen LogP contribution is 2.17. The highest BCUT2D eigenvalue weighted by atomic mass is 35.5. The van der Waals surface area contributed by atoms with Gasteiger partial charge < -0.3 is 4.74 Å². The van der Waals surface area contributed by atoms with E-state index < -0.39 is 5.43 Å². The Morgan fingerprint density at radius 1 is 1.40 bits per heavy atom. The first-order valence-electron chi connectivity index (χ1n) is 4.59. The van der Waals surface area contributed by atoms with Gasteiger partial charge in [0.1, 0.15) is 0 Å². The van der Waals surface area contributed by atoms with Gasteiger partial charge in [-0.3, -0.25) is 0 Å². The van der Waals surface area contributed by atoms with Crippen molar-refractivity contribution in [3.63, 3.8) is 0 Å². The average Bonchev–Trinajstić information content (AvgIpc) is 2.20. The first-order valence-corrected chi connectivity index (χ1v) is 5.40. The van der Waals surface area contributed by atoms with Crippen molar-refractivity contribution in [1.82, 2.24) is 0 Å². The molecule has 0 radical (unpaired) electrons. The van der Waals surface area contributed by atoms with E-state index in [2.05, 4.69) is 4.74 Å². The fourth-order valence-corrected chi connectivity index (χ4v) is 1.09. The monoisotopic (exact) mass is 248 g/mol. The van der Waals surface area contributed by atoms with Crippen molar-refractivity contribution >= 4 is 28.6 Å². The molecule has 0 heterocycles. The molecular formula is C11H14Cl2O2. The molecule has 1 rings (SSSR count). The van der Waals surface area contributed by atoms with Crippen molar-refractivity contribution in [1.29, 1.82) is 0 Å². The van der Waals surface area contributed by atoms with Gasteiger partial charge in [-0.25, -0.2) is 4.79 Å². The van der Waals surface area contributed by atoms with E-state index in [0.29, 0.717) is 6.61 Å². The van der Waals surface area contributed by atoms with Crippen LogP contribution in [0.4, 0.5) is 4.79 Å². The van der Waals surface area contributed by atoms with Gasteiger partial charge >= 0.3 is 5.43 Å². The molecule has 0 fully saturated rings. The number of halogens is 2. The number of hydrogen-bond acceptors (Lipinski definition) is 2. The Kier molecular flexibility index (Phi) is 8.15. The Labute approximate surface area is 100 Å². The van der Waals surface area contributed by atoms with E-state index >= 15 is 0 Å². The smallest absolute Gasteiger partial charge is 0.403 e. The number of hydrogen-bond donors (Lipinski definition) is 0. The Balaban J connectivity index is 0.000000288. The molecule has 84 valence electrons. The Morgan fingerprint density at radius 3 is 2.13 bits per heavy atom.